The quantitative estimate of drug-likeness (QED) is 0.684. The maximum absolute atomic E-state index is 13.0. The molecule has 2 aromatic heterocycles. The summed E-state index contributed by atoms with van der Waals surface area (Å²) in [5.74, 6) is 0.817. The van der Waals surface area contributed by atoms with Gasteiger partial charge in [0.1, 0.15) is 11.3 Å². The van der Waals surface area contributed by atoms with Crippen molar-refractivity contribution in [2.24, 2.45) is 14.1 Å². The van der Waals surface area contributed by atoms with Crippen molar-refractivity contribution in [1.29, 1.82) is 0 Å². The van der Waals surface area contributed by atoms with Crippen LogP contribution in [0.15, 0.2) is 23.0 Å². The number of nitrogens with zero attached hydrogens (tertiary/aromatic N) is 7. The Morgan fingerprint density at radius 2 is 2.07 bits per heavy atom. The number of carbonyl (C=O) groups excluding carboxylic acids is 1. The molecule has 0 spiro atoms. The highest BCUT2D eigenvalue weighted by Crippen LogP contribution is 2.26. The van der Waals surface area contributed by atoms with Gasteiger partial charge in [-0.3, -0.25) is 9.36 Å². The van der Waals surface area contributed by atoms with Crippen molar-refractivity contribution in [1.82, 2.24) is 34.2 Å². The fourth-order valence-electron chi connectivity index (χ4n) is 3.85. The van der Waals surface area contributed by atoms with Gasteiger partial charge >= 0.3 is 5.69 Å². The highest BCUT2D eigenvalue weighted by molar-refractivity contribution is 5.97. The molecule has 1 atom stereocenters. The molecule has 3 aromatic rings. The number of piperidine rings is 1. The molecule has 0 aliphatic carbocycles. The van der Waals surface area contributed by atoms with Crippen LogP contribution in [0.3, 0.4) is 0 Å². The number of aryl methyl sites for hydroxylation is 2. The van der Waals surface area contributed by atoms with Crippen LogP contribution >= 0.6 is 0 Å². The molecular formula is C18H23N7O2. The molecular weight excluding hydrogens is 346 g/mol. The topological polar surface area (TPSA) is 90.8 Å². The fraction of sp³-hybridized carbons (Fsp3) is 0.500. The van der Waals surface area contributed by atoms with Crippen LogP contribution in [0.4, 0.5) is 0 Å². The largest absolute Gasteiger partial charge is 0.345 e. The van der Waals surface area contributed by atoms with Gasteiger partial charge in [-0.1, -0.05) is 5.21 Å². The first-order chi connectivity index (χ1) is 13.0. The van der Waals surface area contributed by atoms with Gasteiger partial charge in [0.2, 0.25) is 0 Å². The molecule has 1 aliphatic rings. The van der Waals surface area contributed by atoms with E-state index in [1.807, 2.05) is 31.0 Å². The Balaban J connectivity index is 1.59. The number of carbonyl (C=O) groups is 1. The summed E-state index contributed by atoms with van der Waals surface area (Å²) in [6.45, 7) is 3.79. The van der Waals surface area contributed by atoms with Gasteiger partial charge < -0.3 is 4.90 Å². The minimum atomic E-state index is -0.107. The van der Waals surface area contributed by atoms with Crippen LogP contribution in [0.2, 0.25) is 0 Å². The lowest BCUT2D eigenvalue weighted by molar-refractivity contribution is 0.0703. The Morgan fingerprint density at radius 1 is 1.26 bits per heavy atom. The molecule has 9 nitrogen and oxygen atoms in total. The van der Waals surface area contributed by atoms with E-state index in [1.54, 1.807) is 22.4 Å². The van der Waals surface area contributed by atoms with Gasteiger partial charge in [-0.25, -0.2) is 14.2 Å². The molecule has 1 aromatic carbocycles. The minimum Gasteiger partial charge on any atom is -0.338 e. The number of aromatic nitrogens is 6. The van der Waals surface area contributed by atoms with Crippen molar-refractivity contribution in [2.45, 2.75) is 32.2 Å². The van der Waals surface area contributed by atoms with Crippen molar-refractivity contribution in [3.63, 3.8) is 0 Å². The minimum absolute atomic E-state index is 0.0198. The van der Waals surface area contributed by atoms with E-state index in [9.17, 15) is 9.59 Å². The third-order valence-electron chi connectivity index (χ3n) is 5.28. The molecule has 27 heavy (non-hydrogen) atoms. The van der Waals surface area contributed by atoms with E-state index in [-0.39, 0.29) is 17.5 Å². The maximum atomic E-state index is 13.0. The Kier molecular flexibility index (Phi) is 4.29. The smallest absolute Gasteiger partial charge is 0.338 e. The Morgan fingerprint density at radius 3 is 2.85 bits per heavy atom. The number of rotatable bonds is 3. The normalized spacial score (nSPS) is 17.6. The lowest BCUT2D eigenvalue weighted by Crippen LogP contribution is -2.40. The standard InChI is InChI=1S/C18H23N7O2/c1-4-25-16(20-23(3)18(25)27)13-6-5-9-24(11-13)17(26)12-7-8-15-14(10-12)19-21-22(15)2/h7-8,10,13H,4-6,9,11H2,1-3H3. The Bertz CT molecular complexity index is 1060. The number of fused-ring (bicyclic) bond motifs is 1. The van der Waals surface area contributed by atoms with Gasteiger partial charge in [-0.15, -0.1) is 5.10 Å². The lowest BCUT2D eigenvalue weighted by Gasteiger charge is -2.32. The van der Waals surface area contributed by atoms with E-state index in [0.29, 0.717) is 30.7 Å². The summed E-state index contributed by atoms with van der Waals surface area (Å²) < 4.78 is 4.76. The average Bonchev–Trinajstić information content (AvgIpc) is 3.20. The number of amides is 1. The molecule has 9 heteroatoms. The third-order valence-corrected chi connectivity index (χ3v) is 5.28. The van der Waals surface area contributed by atoms with Crippen LogP contribution in [0.1, 0.15) is 41.9 Å². The van der Waals surface area contributed by atoms with Crippen LogP contribution in [0, 0.1) is 0 Å². The van der Waals surface area contributed by atoms with Crippen molar-refractivity contribution >= 4 is 16.9 Å². The van der Waals surface area contributed by atoms with Crippen LogP contribution in [0.5, 0.6) is 0 Å². The summed E-state index contributed by atoms with van der Waals surface area (Å²) in [6.07, 6.45) is 1.81. The van der Waals surface area contributed by atoms with E-state index in [2.05, 4.69) is 15.4 Å². The SMILES string of the molecule is CCn1c(C2CCCN(C(=O)c3ccc4c(c3)nnn4C)C2)nn(C)c1=O. The average molecular weight is 369 g/mol. The van der Waals surface area contributed by atoms with Crippen LogP contribution < -0.4 is 5.69 Å². The van der Waals surface area contributed by atoms with E-state index in [4.69, 9.17) is 0 Å². The van der Waals surface area contributed by atoms with Gasteiger partial charge in [-0.05, 0) is 38.0 Å². The fourth-order valence-corrected chi connectivity index (χ4v) is 3.85. The van der Waals surface area contributed by atoms with Crippen molar-refractivity contribution in [3.8, 4) is 0 Å². The van der Waals surface area contributed by atoms with Crippen molar-refractivity contribution < 1.29 is 4.79 Å². The third kappa shape index (κ3) is 2.92. The van der Waals surface area contributed by atoms with Gasteiger partial charge in [0, 0.05) is 45.2 Å². The number of hydrogen-bond donors (Lipinski definition) is 0. The zero-order chi connectivity index (χ0) is 19.1. The molecule has 4 rings (SSSR count). The first-order valence-electron chi connectivity index (χ1n) is 9.22. The van der Waals surface area contributed by atoms with Crippen molar-refractivity contribution in [3.05, 3.63) is 40.1 Å². The molecule has 0 radical (unpaired) electrons. The highest BCUT2D eigenvalue weighted by atomic mass is 16.2. The van der Waals surface area contributed by atoms with E-state index >= 15 is 0 Å². The Hall–Kier alpha value is -2.97. The number of likely N-dealkylation sites (tertiary alicyclic amines) is 1. The summed E-state index contributed by atoms with van der Waals surface area (Å²) in [7, 11) is 3.49. The summed E-state index contributed by atoms with van der Waals surface area (Å²) in [5.41, 5.74) is 2.10. The molecule has 1 aliphatic heterocycles. The van der Waals surface area contributed by atoms with Gasteiger partial charge in [0.05, 0.1) is 5.52 Å². The lowest BCUT2D eigenvalue weighted by atomic mass is 9.96. The van der Waals surface area contributed by atoms with E-state index in [0.717, 1.165) is 24.2 Å². The highest BCUT2D eigenvalue weighted by Gasteiger charge is 2.29. The Labute approximate surface area is 156 Å². The predicted octanol–water partition coefficient (Wildman–Crippen LogP) is 0.903. The summed E-state index contributed by atoms with van der Waals surface area (Å²) >= 11 is 0. The van der Waals surface area contributed by atoms with Crippen molar-refractivity contribution in [2.75, 3.05) is 13.1 Å². The van der Waals surface area contributed by atoms with Gasteiger partial charge in [0.25, 0.3) is 5.91 Å². The molecule has 0 N–H and O–H groups in total. The van der Waals surface area contributed by atoms with E-state index in [1.165, 1.54) is 4.68 Å². The molecule has 1 unspecified atom stereocenters. The number of benzene rings is 1. The molecule has 142 valence electrons. The molecule has 1 fully saturated rings. The first-order valence-corrected chi connectivity index (χ1v) is 9.22. The summed E-state index contributed by atoms with van der Waals surface area (Å²) in [6, 6.07) is 5.48. The molecule has 1 saturated heterocycles. The van der Waals surface area contributed by atoms with Gasteiger partial charge in [-0.2, -0.15) is 5.10 Å². The monoisotopic (exact) mass is 369 g/mol. The van der Waals surface area contributed by atoms with Gasteiger partial charge in [0.15, 0.2) is 0 Å². The molecule has 0 bridgehead atoms. The predicted molar refractivity (Wildman–Crippen MR) is 99.5 cm³/mol. The maximum Gasteiger partial charge on any atom is 0.345 e. The second kappa shape index (κ2) is 6.64. The van der Waals surface area contributed by atoms with Crippen LogP contribution in [-0.4, -0.2) is 53.2 Å². The van der Waals surface area contributed by atoms with Crippen LogP contribution in [0.25, 0.3) is 11.0 Å². The summed E-state index contributed by atoms with van der Waals surface area (Å²) in [5, 5.41) is 12.5. The molecule has 3 heterocycles. The molecule has 0 saturated carbocycles. The van der Waals surface area contributed by atoms with E-state index < -0.39 is 0 Å². The zero-order valence-corrected chi connectivity index (χ0v) is 15.8. The van der Waals surface area contributed by atoms with Crippen LogP contribution in [-0.2, 0) is 20.6 Å². The number of hydrogen-bond acceptors (Lipinski definition) is 5. The molecule has 1 amide bonds. The summed E-state index contributed by atoms with van der Waals surface area (Å²) in [4.78, 5) is 27.1. The second-order valence-electron chi connectivity index (χ2n) is 7.02. The second-order valence-corrected chi connectivity index (χ2v) is 7.02. The first kappa shape index (κ1) is 17.4. The zero-order valence-electron chi connectivity index (χ0n) is 15.8.